The first kappa shape index (κ1) is 22.7. The third kappa shape index (κ3) is 4.65. The molecule has 178 valence electrons. The number of aryl methyl sites for hydroxylation is 1. The number of aromatic nitrogens is 4. The molecule has 35 heavy (non-hydrogen) atoms. The van der Waals surface area contributed by atoms with Crippen molar-refractivity contribution in [2.45, 2.75) is 26.7 Å². The van der Waals surface area contributed by atoms with Crippen LogP contribution in [0.4, 0.5) is 8.78 Å². The van der Waals surface area contributed by atoms with Crippen molar-refractivity contribution in [3.8, 4) is 28.1 Å². The van der Waals surface area contributed by atoms with Gasteiger partial charge in [-0.3, -0.25) is 4.79 Å². The molecule has 5 aromatic rings. The number of hydrogen-bond donors (Lipinski definition) is 2. The van der Waals surface area contributed by atoms with Gasteiger partial charge in [0.1, 0.15) is 17.4 Å². The Bertz CT molecular complexity index is 1540. The number of nitrogens with one attached hydrogen (secondary N) is 2. The summed E-state index contributed by atoms with van der Waals surface area (Å²) in [5, 5.41) is 2.90. The lowest BCUT2D eigenvalue weighted by Gasteiger charge is -2.12. The van der Waals surface area contributed by atoms with E-state index in [1.54, 1.807) is 31.6 Å². The van der Waals surface area contributed by atoms with Crippen molar-refractivity contribution in [2.75, 3.05) is 0 Å². The van der Waals surface area contributed by atoms with E-state index in [4.69, 9.17) is 9.47 Å². The van der Waals surface area contributed by atoms with Gasteiger partial charge in [-0.15, -0.1) is 0 Å². The first-order valence-corrected chi connectivity index (χ1v) is 11.7. The number of benzene rings is 2. The van der Waals surface area contributed by atoms with Gasteiger partial charge in [-0.25, -0.2) is 18.7 Å². The Morgan fingerprint density at radius 2 is 1.94 bits per heavy atom. The minimum Gasteiger partial charge on any atom is -0.454 e. The molecule has 0 aliphatic carbocycles. The summed E-state index contributed by atoms with van der Waals surface area (Å²) in [5.74, 6) is -0.714. The van der Waals surface area contributed by atoms with Crippen LogP contribution in [0.15, 0.2) is 48.1 Å². The number of thiazole rings is 1. The summed E-state index contributed by atoms with van der Waals surface area (Å²) in [6, 6.07) is 7.38. The molecule has 7 nitrogen and oxygen atoms in total. The van der Waals surface area contributed by atoms with E-state index in [-0.39, 0.29) is 34.6 Å². The van der Waals surface area contributed by atoms with Gasteiger partial charge in [0.2, 0.25) is 0 Å². The molecule has 0 atom stereocenters. The molecule has 3 heterocycles. The molecule has 0 saturated heterocycles. The van der Waals surface area contributed by atoms with Crippen molar-refractivity contribution < 1.29 is 23.0 Å². The number of ether oxygens (including phenoxy) is 2. The van der Waals surface area contributed by atoms with Crippen LogP contribution >= 0.6 is 11.3 Å². The van der Waals surface area contributed by atoms with E-state index in [2.05, 4.69) is 19.9 Å². The zero-order chi connectivity index (χ0) is 24.5. The molecule has 3 aromatic heterocycles. The van der Waals surface area contributed by atoms with Crippen LogP contribution < -0.4 is 9.47 Å². The van der Waals surface area contributed by atoms with E-state index in [1.807, 2.05) is 6.07 Å². The average molecular weight is 495 g/mol. The van der Waals surface area contributed by atoms with Crippen molar-refractivity contribution in [1.82, 2.24) is 19.9 Å². The first-order chi connectivity index (χ1) is 16.9. The van der Waals surface area contributed by atoms with Crippen LogP contribution in [-0.4, -0.2) is 25.9 Å². The molecule has 0 spiro atoms. The Kier molecular flexibility index (Phi) is 6.04. The number of aromatic amines is 2. The fraction of sp³-hybridized carbons (Fsp3) is 0.160. The standard InChI is InChI=1S/C25H20F2N4O3S/c1-3-22(32)34-25-31-15(12-35-25)8-14-11-29-24(30-14)18-9-16(4-5-19(18)26)33-23-13(2)17-6-7-28-21(17)10-20(23)27/h4-7,9-12,28H,3,8H2,1-2H3,(H,29,30). The number of carbonyl (C=O) groups is 1. The zero-order valence-electron chi connectivity index (χ0n) is 18.8. The first-order valence-electron chi connectivity index (χ1n) is 10.8. The normalized spacial score (nSPS) is 11.2. The molecular weight excluding hydrogens is 474 g/mol. The number of H-pyrrole nitrogens is 2. The van der Waals surface area contributed by atoms with Gasteiger partial charge in [0.25, 0.3) is 5.19 Å². The molecule has 10 heteroatoms. The monoisotopic (exact) mass is 494 g/mol. The maximum Gasteiger partial charge on any atom is 0.312 e. The number of hydrogen-bond acceptors (Lipinski definition) is 6. The lowest BCUT2D eigenvalue weighted by molar-refractivity contribution is -0.134. The second-order valence-electron chi connectivity index (χ2n) is 7.84. The van der Waals surface area contributed by atoms with E-state index in [0.717, 1.165) is 5.39 Å². The number of rotatable bonds is 7. The van der Waals surface area contributed by atoms with Crippen LogP contribution in [-0.2, 0) is 11.2 Å². The maximum atomic E-state index is 14.7. The van der Waals surface area contributed by atoms with E-state index < -0.39 is 11.6 Å². The van der Waals surface area contributed by atoms with Crippen LogP contribution in [0.5, 0.6) is 16.7 Å². The molecule has 2 N–H and O–H groups in total. The summed E-state index contributed by atoms with van der Waals surface area (Å²) in [4.78, 5) is 26.1. The van der Waals surface area contributed by atoms with E-state index in [9.17, 15) is 13.6 Å². The number of nitrogens with zero attached hydrogens (tertiary/aromatic N) is 2. The second-order valence-corrected chi connectivity index (χ2v) is 8.67. The van der Waals surface area contributed by atoms with Gasteiger partial charge in [0, 0.05) is 53.1 Å². The van der Waals surface area contributed by atoms with Gasteiger partial charge in [-0.05, 0) is 31.2 Å². The number of esters is 1. The Morgan fingerprint density at radius 1 is 1.09 bits per heavy atom. The largest absolute Gasteiger partial charge is 0.454 e. The number of imidazole rings is 1. The lowest BCUT2D eigenvalue weighted by atomic mass is 10.1. The fourth-order valence-corrected chi connectivity index (χ4v) is 4.36. The molecule has 0 aliphatic heterocycles. The van der Waals surface area contributed by atoms with Gasteiger partial charge in [0.05, 0.1) is 17.0 Å². The minimum atomic E-state index is -0.518. The van der Waals surface area contributed by atoms with E-state index >= 15 is 0 Å². The van der Waals surface area contributed by atoms with Gasteiger partial charge in [-0.1, -0.05) is 18.3 Å². The van der Waals surface area contributed by atoms with E-state index in [1.165, 1.54) is 35.6 Å². The summed E-state index contributed by atoms with van der Waals surface area (Å²) in [5.41, 5.74) is 2.80. The smallest absolute Gasteiger partial charge is 0.312 e. The summed E-state index contributed by atoms with van der Waals surface area (Å²) in [6.07, 6.45) is 4.02. The van der Waals surface area contributed by atoms with Crippen LogP contribution in [0.3, 0.4) is 0 Å². The molecule has 0 aliphatic rings. The summed E-state index contributed by atoms with van der Waals surface area (Å²) in [7, 11) is 0. The molecule has 0 fully saturated rings. The van der Waals surface area contributed by atoms with Gasteiger partial charge >= 0.3 is 5.97 Å². The Hall–Kier alpha value is -4.05. The summed E-state index contributed by atoms with van der Waals surface area (Å²) >= 11 is 1.22. The Balaban J connectivity index is 1.37. The van der Waals surface area contributed by atoms with Crippen LogP contribution in [0.2, 0.25) is 0 Å². The minimum absolute atomic E-state index is 0.0814. The van der Waals surface area contributed by atoms with Crippen molar-refractivity contribution in [3.05, 3.63) is 76.7 Å². The van der Waals surface area contributed by atoms with Crippen molar-refractivity contribution >= 4 is 28.2 Å². The van der Waals surface area contributed by atoms with E-state index in [0.29, 0.717) is 34.7 Å². The van der Waals surface area contributed by atoms with Crippen molar-refractivity contribution in [1.29, 1.82) is 0 Å². The average Bonchev–Trinajstić information content (AvgIpc) is 3.59. The zero-order valence-corrected chi connectivity index (χ0v) is 19.6. The van der Waals surface area contributed by atoms with Crippen molar-refractivity contribution in [2.24, 2.45) is 0 Å². The van der Waals surface area contributed by atoms with Gasteiger partial charge < -0.3 is 19.4 Å². The third-order valence-electron chi connectivity index (χ3n) is 5.44. The molecule has 2 aromatic carbocycles. The van der Waals surface area contributed by atoms with Crippen LogP contribution in [0.1, 0.15) is 30.3 Å². The highest BCUT2D eigenvalue weighted by Gasteiger charge is 2.17. The lowest BCUT2D eigenvalue weighted by Crippen LogP contribution is -2.05. The highest BCUT2D eigenvalue weighted by Crippen LogP contribution is 2.35. The number of halogens is 2. The highest BCUT2D eigenvalue weighted by molar-refractivity contribution is 7.11. The molecular formula is C25H20F2N4O3S. The summed E-state index contributed by atoms with van der Waals surface area (Å²) < 4.78 is 40.3. The fourth-order valence-electron chi connectivity index (χ4n) is 3.67. The topological polar surface area (TPSA) is 92.9 Å². The Labute approximate surface area is 202 Å². The van der Waals surface area contributed by atoms with Crippen LogP contribution in [0.25, 0.3) is 22.3 Å². The number of fused-ring (bicyclic) bond motifs is 1. The molecule has 0 unspecified atom stereocenters. The Morgan fingerprint density at radius 3 is 2.77 bits per heavy atom. The molecule has 5 rings (SSSR count). The number of carbonyl (C=O) groups excluding carboxylic acids is 1. The molecule has 0 bridgehead atoms. The quantitative estimate of drug-likeness (QED) is 0.259. The maximum absolute atomic E-state index is 14.7. The van der Waals surface area contributed by atoms with Gasteiger partial charge in [-0.2, -0.15) is 0 Å². The van der Waals surface area contributed by atoms with Crippen LogP contribution in [0, 0.1) is 18.6 Å². The third-order valence-corrected chi connectivity index (χ3v) is 6.20. The summed E-state index contributed by atoms with van der Waals surface area (Å²) in [6.45, 7) is 3.48. The van der Waals surface area contributed by atoms with Gasteiger partial charge in [0.15, 0.2) is 11.6 Å². The molecule has 0 amide bonds. The highest BCUT2D eigenvalue weighted by atomic mass is 32.1. The predicted molar refractivity (Wildman–Crippen MR) is 128 cm³/mol. The second kappa shape index (κ2) is 9.30. The molecule has 0 radical (unpaired) electrons. The SMILES string of the molecule is CCC(=O)Oc1nc(Cc2c[nH]c(-c3cc(Oc4c(F)cc5[nH]ccc5c4C)ccc3F)n2)cs1. The van der Waals surface area contributed by atoms with Crippen molar-refractivity contribution in [3.63, 3.8) is 0 Å². The molecule has 0 saturated carbocycles. The predicted octanol–water partition coefficient (Wildman–Crippen LogP) is 6.30.